The monoisotopic (exact) mass is 280 g/mol. The van der Waals surface area contributed by atoms with Gasteiger partial charge in [0.15, 0.2) is 0 Å². The lowest BCUT2D eigenvalue weighted by molar-refractivity contribution is 0.0527. The van der Waals surface area contributed by atoms with Crippen LogP contribution in [0, 0.1) is 16.7 Å². The molecule has 0 radical (unpaired) electrons. The number of pyridine rings is 1. The number of fused-ring (bicyclic) bond motifs is 1. The third-order valence-corrected chi connectivity index (χ3v) is 4.70. The number of hydrogen-bond donors (Lipinski definition) is 1. The van der Waals surface area contributed by atoms with E-state index in [1.165, 1.54) is 0 Å². The Kier molecular flexibility index (Phi) is 3.90. The summed E-state index contributed by atoms with van der Waals surface area (Å²) in [6, 6.07) is 12.2. The van der Waals surface area contributed by atoms with Gasteiger partial charge < -0.3 is 5.11 Å². The summed E-state index contributed by atoms with van der Waals surface area (Å²) >= 11 is 0. The first-order valence-electron chi connectivity index (χ1n) is 7.70. The molecule has 108 valence electrons. The van der Waals surface area contributed by atoms with E-state index >= 15 is 0 Å². The van der Waals surface area contributed by atoms with Crippen LogP contribution in [-0.2, 0) is 0 Å². The van der Waals surface area contributed by atoms with Gasteiger partial charge in [-0.2, -0.15) is 5.26 Å². The van der Waals surface area contributed by atoms with Crippen LogP contribution in [-0.4, -0.2) is 10.1 Å². The van der Waals surface area contributed by atoms with Crippen molar-refractivity contribution in [3.8, 4) is 6.07 Å². The van der Waals surface area contributed by atoms with E-state index in [1.54, 1.807) is 6.20 Å². The molecule has 1 fully saturated rings. The lowest BCUT2D eigenvalue weighted by Crippen LogP contribution is -2.27. The second-order valence-electron chi connectivity index (χ2n) is 6.01. The summed E-state index contributed by atoms with van der Waals surface area (Å²) in [5.74, 6) is 0. The Labute approximate surface area is 125 Å². The molecule has 1 N–H and O–H groups in total. The van der Waals surface area contributed by atoms with Gasteiger partial charge in [-0.15, -0.1) is 0 Å². The zero-order valence-electron chi connectivity index (χ0n) is 12.1. The van der Waals surface area contributed by atoms with E-state index in [0.29, 0.717) is 0 Å². The van der Waals surface area contributed by atoms with Crippen LogP contribution < -0.4 is 0 Å². The Hall–Kier alpha value is -1.92. The van der Waals surface area contributed by atoms with Crippen molar-refractivity contribution in [2.45, 2.75) is 44.6 Å². The number of nitriles is 1. The molecule has 3 heteroatoms. The van der Waals surface area contributed by atoms with Gasteiger partial charge >= 0.3 is 0 Å². The highest BCUT2D eigenvalue weighted by atomic mass is 16.3. The highest BCUT2D eigenvalue weighted by Crippen LogP contribution is 2.45. The normalized spacial score (nSPS) is 19.6. The van der Waals surface area contributed by atoms with Crippen LogP contribution in [0.5, 0.6) is 0 Å². The summed E-state index contributed by atoms with van der Waals surface area (Å²) in [4.78, 5) is 4.42. The van der Waals surface area contributed by atoms with Crippen molar-refractivity contribution < 1.29 is 5.11 Å². The van der Waals surface area contributed by atoms with Crippen molar-refractivity contribution in [1.29, 1.82) is 5.26 Å². The zero-order chi connectivity index (χ0) is 14.7. The molecule has 1 aromatic carbocycles. The molecule has 0 amide bonds. The van der Waals surface area contributed by atoms with E-state index in [2.05, 4.69) is 11.1 Å². The molecule has 3 nitrogen and oxygen atoms in total. The van der Waals surface area contributed by atoms with E-state index in [1.807, 2.05) is 30.3 Å². The van der Waals surface area contributed by atoms with Crippen LogP contribution in [0.4, 0.5) is 0 Å². The Morgan fingerprint density at radius 3 is 2.52 bits per heavy atom. The molecule has 1 unspecified atom stereocenters. The smallest absolute Gasteiger partial charge is 0.0997 e. The van der Waals surface area contributed by atoms with Gasteiger partial charge in [0.05, 0.1) is 23.1 Å². The minimum atomic E-state index is -0.765. The highest BCUT2D eigenvalue weighted by Gasteiger charge is 2.40. The van der Waals surface area contributed by atoms with Crippen molar-refractivity contribution in [3.05, 3.63) is 42.1 Å². The number of aliphatic hydroxyl groups excluding tert-OH is 1. The van der Waals surface area contributed by atoms with Crippen LogP contribution in [0.25, 0.3) is 10.9 Å². The summed E-state index contributed by atoms with van der Waals surface area (Å²) in [7, 11) is 0. The van der Waals surface area contributed by atoms with Gasteiger partial charge in [-0.05, 0) is 18.9 Å². The number of rotatable bonds is 2. The zero-order valence-corrected chi connectivity index (χ0v) is 12.1. The maximum absolute atomic E-state index is 11.0. The van der Waals surface area contributed by atoms with Crippen molar-refractivity contribution in [3.63, 3.8) is 0 Å². The molecule has 0 bridgehead atoms. The van der Waals surface area contributed by atoms with Gasteiger partial charge in [0, 0.05) is 17.1 Å². The largest absolute Gasteiger partial charge is 0.387 e. The molecule has 1 saturated carbocycles. The fraction of sp³-hybridized carbons (Fsp3) is 0.444. The van der Waals surface area contributed by atoms with Crippen LogP contribution in [0.1, 0.15) is 50.2 Å². The number of benzene rings is 1. The van der Waals surface area contributed by atoms with Crippen molar-refractivity contribution in [2.75, 3.05) is 0 Å². The molecule has 0 saturated heterocycles. The molecule has 21 heavy (non-hydrogen) atoms. The molecule has 1 heterocycles. The van der Waals surface area contributed by atoms with E-state index in [9.17, 15) is 10.4 Å². The third kappa shape index (κ3) is 2.52. The number of nitrogens with zero attached hydrogens (tertiary/aromatic N) is 2. The van der Waals surface area contributed by atoms with Gasteiger partial charge in [-0.25, -0.2) is 0 Å². The molecule has 0 aliphatic heterocycles. The van der Waals surface area contributed by atoms with Crippen LogP contribution in [0.3, 0.4) is 0 Å². The molecule has 1 atom stereocenters. The predicted molar refractivity (Wildman–Crippen MR) is 82.5 cm³/mol. The van der Waals surface area contributed by atoms with E-state index in [-0.39, 0.29) is 0 Å². The fourth-order valence-electron chi connectivity index (χ4n) is 3.45. The average molecular weight is 280 g/mol. The molecule has 1 aliphatic carbocycles. The maximum Gasteiger partial charge on any atom is 0.0997 e. The van der Waals surface area contributed by atoms with E-state index in [4.69, 9.17) is 0 Å². The third-order valence-electron chi connectivity index (χ3n) is 4.70. The Morgan fingerprint density at radius 1 is 1.10 bits per heavy atom. The van der Waals surface area contributed by atoms with Gasteiger partial charge in [-0.3, -0.25) is 4.98 Å². The summed E-state index contributed by atoms with van der Waals surface area (Å²) < 4.78 is 0. The fourth-order valence-corrected chi connectivity index (χ4v) is 3.45. The van der Waals surface area contributed by atoms with Crippen LogP contribution >= 0.6 is 0 Å². The minimum Gasteiger partial charge on any atom is -0.387 e. The molecule has 2 aromatic rings. The molecule has 3 rings (SSSR count). The second-order valence-corrected chi connectivity index (χ2v) is 6.01. The van der Waals surface area contributed by atoms with Gasteiger partial charge in [0.25, 0.3) is 0 Å². The maximum atomic E-state index is 11.0. The van der Waals surface area contributed by atoms with Crippen LogP contribution in [0.15, 0.2) is 36.5 Å². The predicted octanol–water partition coefficient (Wildman–Crippen LogP) is 4.13. The number of aromatic nitrogens is 1. The topological polar surface area (TPSA) is 56.9 Å². The first-order valence-corrected chi connectivity index (χ1v) is 7.70. The molecule has 0 spiro atoms. The van der Waals surface area contributed by atoms with Gasteiger partial charge in [-0.1, -0.05) is 49.9 Å². The lowest BCUT2D eigenvalue weighted by atomic mass is 9.74. The first-order chi connectivity index (χ1) is 10.3. The van der Waals surface area contributed by atoms with Gasteiger partial charge in [0.2, 0.25) is 0 Å². The first kappa shape index (κ1) is 14.0. The Morgan fingerprint density at radius 2 is 1.81 bits per heavy atom. The van der Waals surface area contributed by atoms with Gasteiger partial charge in [0.1, 0.15) is 0 Å². The molecule has 1 aromatic heterocycles. The molecular weight excluding hydrogens is 260 g/mol. The molecule has 1 aliphatic rings. The summed E-state index contributed by atoms with van der Waals surface area (Å²) in [6.07, 6.45) is 6.87. The van der Waals surface area contributed by atoms with E-state index < -0.39 is 11.5 Å². The highest BCUT2D eigenvalue weighted by molar-refractivity contribution is 5.82. The number of para-hydroxylation sites is 1. The Balaban J connectivity index is 2.06. The number of hydrogen-bond acceptors (Lipinski definition) is 3. The van der Waals surface area contributed by atoms with Crippen molar-refractivity contribution >= 4 is 10.9 Å². The lowest BCUT2D eigenvalue weighted by Gasteiger charge is -2.31. The van der Waals surface area contributed by atoms with Crippen molar-refractivity contribution in [2.24, 2.45) is 5.41 Å². The second kappa shape index (κ2) is 5.83. The summed E-state index contributed by atoms with van der Waals surface area (Å²) in [5.41, 5.74) is 0.936. The Bertz CT molecular complexity index is 661. The molecular formula is C18H20N2O. The quantitative estimate of drug-likeness (QED) is 0.841. The standard InChI is InChI=1S/C18H20N2O/c19-13-18(10-3-1-2-4-11-18)17(21)15-9-5-7-14-8-6-12-20-16(14)15/h5-9,12,17,21H,1-4,10-11H2. The summed E-state index contributed by atoms with van der Waals surface area (Å²) in [6.45, 7) is 0. The summed E-state index contributed by atoms with van der Waals surface area (Å²) in [5, 5.41) is 21.7. The van der Waals surface area contributed by atoms with Crippen LogP contribution in [0.2, 0.25) is 0 Å². The van der Waals surface area contributed by atoms with E-state index in [0.717, 1.165) is 55.0 Å². The number of aliphatic hydroxyl groups is 1. The minimum absolute atomic E-state index is 0.664. The average Bonchev–Trinajstić information content (AvgIpc) is 2.80. The van der Waals surface area contributed by atoms with Crippen molar-refractivity contribution in [1.82, 2.24) is 4.98 Å². The SMILES string of the molecule is N#CC1(C(O)c2cccc3cccnc23)CCCCCC1.